The molecule has 5 aliphatic carbocycles. The first-order valence-corrected chi connectivity index (χ1v) is 15.7. The van der Waals surface area contributed by atoms with Crippen LogP contribution < -0.4 is 5.32 Å². The number of fused-ring (bicyclic) bond motifs is 7. The summed E-state index contributed by atoms with van der Waals surface area (Å²) in [5.74, 6) is 1.17. The van der Waals surface area contributed by atoms with Crippen LogP contribution in [0.4, 0.5) is 13.2 Å². The van der Waals surface area contributed by atoms with Crippen LogP contribution in [0.2, 0.25) is 0 Å². The van der Waals surface area contributed by atoms with E-state index in [2.05, 4.69) is 53.8 Å². The van der Waals surface area contributed by atoms with Crippen LogP contribution in [-0.4, -0.2) is 29.3 Å². The summed E-state index contributed by atoms with van der Waals surface area (Å²) in [7, 11) is 0. The number of carbonyl (C=O) groups is 1. The van der Waals surface area contributed by atoms with E-state index in [0.29, 0.717) is 24.7 Å². The second kappa shape index (κ2) is 8.98. The van der Waals surface area contributed by atoms with Crippen molar-refractivity contribution in [2.45, 2.75) is 138 Å². The fourth-order valence-electron chi connectivity index (χ4n) is 11.4. The Morgan fingerprint density at radius 3 is 2.15 bits per heavy atom. The van der Waals surface area contributed by atoms with Crippen molar-refractivity contribution in [1.82, 2.24) is 5.32 Å². The molecule has 6 heteroatoms. The van der Waals surface area contributed by atoms with Gasteiger partial charge in [0.05, 0.1) is 11.5 Å². The maximum atomic E-state index is 13.8. The van der Waals surface area contributed by atoms with Crippen LogP contribution in [0.15, 0.2) is 11.1 Å². The third-order valence-electron chi connectivity index (χ3n) is 13.9. The molecule has 3 nitrogen and oxygen atoms in total. The SMILES string of the molecule is CC(C)C1=C2C3CCC4[C@@]5(C)CC[C@H](O)C(C)(C)C5CC[C@@]4(C)[C@]3(C)CC[C@@]2(C(=O)NC(C)C(F)(F)F)CC1. The van der Waals surface area contributed by atoms with Gasteiger partial charge in [0.15, 0.2) is 0 Å². The summed E-state index contributed by atoms with van der Waals surface area (Å²) in [6.07, 6.45) is 4.56. The van der Waals surface area contributed by atoms with E-state index in [1.807, 2.05) is 0 Å². The van der Waals surface area contributed by atoms with E-state index < -0.39 is 23.5 Å². The quantitative estimate of drug-likeness (QED) is 0.347. The highest BCUT2D eigenvalue weighted by Crippen LogP contribution is 2.76. The molecule has 5 aliphatic rings. The Kier molecular flexibility index (Phi) is 6.78. The molecule has 0 heterocycles. The number of hydrogen-bond donors (Lipinski definition) is 2. The molecule has 1 amide bonds. The van der Waals surface area contributed by atoms with Crippen LogP contribution in [0.5, 0.6) is 0 Å². The van der Waals surface area contributed by atoms with Crippen LogP contribution >= 0.6 is 0 Å². The van der Waals surface area contributed by atoms with Crippen molar-refractivity contribution in [1.29, 1.82) is 0 Å². The van der Waals surface area contributed by atoms with Gasteiger partial charge in [-0.25, -0.2) is 0 Å². The Bertz CT molecular complexity index is 1050. The van der Waals surface area contributed by atoms with Gasteiger partial charge in [0.2, 0.25) is 5.91 Å². The summed E-state index contributed by atoms with van der Waals surface area (Å²) in [6.45, 7) is 17.5. The zero-order chi connectivity index (χ0) is 29.0. The first-order chi connectivity index (χ1) is 17.9. The average Bonchev–Trinajstić information content (AvgIpc) is 3.23. The van der Waals surface area contributed by atoms with E-state index in [1.54, 1.807) is 0 Å². The molecule has 0 aromatic heterocycles. The largest absolute Gasteiger partial charge is 0.408 e. The number of carbonyl (C=O) groups excluding carboxylic acids is 1. The van der Waals surface area contributed by atoms with Crippen molar-refractivity contribution in [2.24, 2.45) is 50.7 Å². The molecule has 0 bridgehead atoms. The van der Waals surface area contributed by atoms with Crippen LogP contribution in [0, 0.1) is 50.7 Å². The Morgan fingerprint density at radius 1 is 0.872 bits per heavy atom. The standard InChI is InChI=1S/C33H52F3NO2/c1-19(2)21-11-16-32(27(39)37-20(3)33(34,35)36)18-17-30(7)22(26(21)32)9-10-24-29(6)14-13-25(38)28(4,5)23(29)12-15-31(24,30)8/h19-20,22-25,38H,9-18H2,1-8H3,(H,37,39)/t20?,22?,23?,24?,25-,29-,30+,31+,32-/m0/s1. The van der Waals surface area contributed by atoms with Crippen LogP contribution in [0.3, 0.4) is 0 Å². The number of alkyl halides is 3. The summed E-state index contributed by atoms with van der Waals surface area (Å²) >= 11 is 0. The fourth-order valence-corrected chi connectivity index (χ4v) is 11.4. The first kappa shape index (κ1) is 29.5. The number of nitrogens with one attached hydrogen (secondary N) is 1. The molecular weight excluding hydrogens is 499 g/mol. The van der Waals surface area contributed by atoms with Crippen molar-refractivity contribution in [3.8, 4) is 0 Å². The molecule has 2 N–H and O–H groups in total. The van der Waals surface area contributed by atoms with Gasteiger partial charge in [-0.2, -0.15) is 13.2 Å². The minimum atomic E-state index is -4.44. The molecule has 39 heavy (non-hydrogen) atoms. The number of aliphatic hydroxyl groups is 1. The Labute approximate surface area is 234 Å². The molecule has 0 spiro atoms. The van der Waals surface area contributed by atoms with Gasteiger partial charge in [-0.05, 0) is 116 Å². The summed E-state index contributed by atoms with van der Waals surface area (Å²) in [6, 6.07) is -1.84. The van der Waals surface area contributed by atoms with Gasteiger partial charge >= 0.3 is 6.18 Å². The van der Waals surface area contributed by atoms with Gasteiger partial charge in [-0.15, -0.1) is 0 Å². The monoisotopic (exact) mass is 551 g/mol. The van der Waals surface area contributed by atoms with Gasteiger partial charge < -0.3 is 10.4 Å². The number of halogens is 3. The van der Waals surface area contributed by atoms with Crippen LogP contribution in [-0.2, 0) is 4.79 Å². The van der Waals surface area contributed by atoms with E-state index in [0.717, 1.165) is 58.3 Å². The molecule has 4 saturated carbocycles. The van der Waals surface area contributed by atoms with E-state index in [-0.39, 0.29) is 39.6 Å². The minimum absolute atomic E-state index is 0.00331. The zero-order valence-corrected chi connectivity index (χ0v) is 25.5. The maximum Gasteiger partial charge on any atom is 0.408 e. The fraction of sp³-hybridized carbons (Fsp3) is 0.909. The highest BCUT2D eigenvalue weighted by atomic mass is 19.4. The summed E-state index contributed by atoms with van der Waals surface area (Å²) in [5, 5.41) is 13.4. The van der Waals surface area contributed by atoms with Gasteiger partial charge in [0, 0.05) is 0 Å². The lowest BCUT2D eigenvalue weighted by molar-refractivity contribution is -0.228. The normalized spacial score (nSPS) is 46.2. The Hall–Kier alpha value is -1.04. The van der Waals surface area contributed by atoms with E-state index in [1.165, 1.54) is 11.1 Å². The Morgan fingerprint density at radius 2 is 1.54 bits per heavy atom. The van der Waals surface area contributed by atoms with E-state index in [4.69, 9.17) is 0 Å². The molecule has 5 rings (SSSR count). The molecule has 4 fully saturated rings. The lowest BCUT2D eigenvalue weighted by Crippen LogP contribution is -2.66. The molecule has 0 aromatic carbocycles. The highest BCUT2D eigenvalue weighted by Gasteiger charge is 2.70. The number of allylic oxidation sites excluding steroid dienone is 1. The number of rotatable bonds is 3. The highest BCUT2D eigenvalue weighted by molar-refractivity contribution is 5.88. The van der Waals surface area contributed by atoms with E-state index in [9.17, 15) is 23.1 Å². The van der Waals surface area contributed by atoms with Crippen LogP contribution in [0.25, 0.3) is 0 Å². The lowest BCUT2D eigenvalue weighted by Gasteiger charge is -2.72. The van der Waals surface area contributed by atoms with Crippen molar-refractivity contribution in [3.05, 3.63) is 11.1 Å². The smallest absolute Gasteiger partial charge is 0.393 e. The van der Waals surface area contributed by atoms with Gasteiger partial charge in [-0.1, -0.05) is 59.6 Å². The first-order valence-electron chi connectivity index (χ1n) is 15.7. The van der Waals surface area contributed by atoms with E-state index >= 15 is 0 Å². The summed E-state index contributed by atoms with van der Waals surface area (Å²) in [4.78, 5) is 13.8. The molecule has 0 aromatic rings. The van der Waals surface area contributed by atoms with Crippen molar-refractivity contribution >= 4 is 5.91 Å². The summed E-state index contributed by atoms with van der Waals surface area (Å²) in [5.41, 5.74) is 1.93. The Balaban J connectivity index is 1.55. The van der Waals surface area contributed by atoms with Crippen molar-refractivity contribution in [2.75, 3.05) is 0 Å². The second-order valence-electron chi connectivity index (χ2n) is 15.9. The van der Waals surface area contributed by atoms with Crippen molar-refractivity contribution in [3.63, 3.8) is 0 Å². The molecule has 0 aliphatic heterocycles. The lowest BCUT2D eigenvalue weighted by atomic mass is 9.33. The third kappa shape index (κ3) is 3.88. The maximum absolute atomic E-state index is 13.8. The average molecular weight is 552 g/mol. The topological polar surface area (TPSA) is 49.3 Å². The molecule has 222 valence electrons. The van der Waals surface area contributed by atoms with Gasteiger partial charge in [0.1, 0.15) is 6.04 Å². The van der Waals surface area contributed by atoms with Crippen LogP contribution in [0.1, 0.15) is 120 Å². The zero-order valence-electron chi connectivity index (χ0n) is 25.5. The molecule has 9 atom stereocenters. The summed E-state index contributed by atoms with van der Waals surface area (Å²) < 4.78 is 40.5. The second-order valence-corrected chi connectivity index (χ2v) is 15.9. The van der Waals surface area contributed by atoms with Gasteiger partial charge in [-0.3, -0.25) is 4.79 Å². The molecule has 4 unspecified atom stereocenters. The molecular formula is C33H52F3NO2. The minimum Gasteiger partial charge on any atom is -0.393 e. The predicted octanol–water partition coefficient (Wildman–Crippen LogP) is 8.22. The predicted molar refractivity (Wildman–Crippen MR) is 149 cm³/mol. The number of aliphatic hydroxyl groups excluding tert-OH is 1. The van der Waals surface area contributed by atoms with Gasteiger partial charge in [0.25, 0.3) is 0 Å². The molecule has 0 saturated heterocycles. The number of hydrogen-bond acceptors (Lipinski definition) is 2. The molecule has 0 radical (unpaired) electrons. The van der Waals surface area contributed by atoms with Crippen molar-refractivity contribution < 1.29 is 23.1 Å². The third-order valence-corrected chi connectivity index (χ3v) is 13.9. The number of amides is 1.